The molecule has 2 rings (SSSR count). The smallest absolute Gasteiger partial charge is 0.236 e. The third-order valence-corrected chi connectivity index (χ3v) is 3.07. The molecule has 1 aliphatic heterocycles. The number of hydrogen-bond acceptors (Lipinski definition) is 3. The van der Waals surface area contributed by atoms with Gasteiger partial charge in [0.25, 0.3) is 0 Å². The molecule has 0 aromatic heterocycles. The third kappa shape index (κ3) is 3.62. The van der Waals surface area contributed by atoms with Crippen LogP contribution in [-0.4, -0.2) is 31.1 Å². The van der Waals surface area contributed by atoms with Crippen LogP contribution in [-0.2, 0) is 4.79 Å². The largest absolute Gasteiger partial charge is 0.369 e. The van der Waals surface area contributed by atoms with Gasteiger partial charge < -0.3 is 16.0 Å². The molecule has 1 saturated heterocycles. The first-order chi connectivity index (χ1) is 8.16. The molecule has 4 nitrogen and oxygen atoms in total. The average Bonchev–Trinajstić information content (AvgIpc) is 2.78. The molecule has 0 saturated carbocycles. The van der Waals surface area contributed by atoms with Gasteiger partial charge in [0.15, 0.2) is 0 Å². The minimum Gasteiger partial charge on any atom is -0.369 e. The predicted octanol–water partition coefficient (Wildman–Crippen LogP) is 1.15. The molecule has 3 N–H and O–H groups in total. The predicted molar refractivity (Wildman–Crippen MR) is 76.1 cm³/mol. The van der Waals surface area contributed by atoms with Crippen molar-refractivity contribution < 1.29 is 4.79 Å². The molecule has 100 valence electrons. The lowest BCUT2D eigenvalue weighted by atomic mass is 10.2. The molecule has 0 bridgehead atoms. The molecule has 2 atom stereocenters. The minimum atomic E-state index is -0.430. The highest BCUT2D eigenvalue weighted by Crippen LogP contribution is 2.19. The molecule has 1 fully saturated rings. The summed E-state index contributed by atoms with van der Waals surface area (Å²) in [6, 6.07) is 10.0. The number of carbonyl (C=O) groups excluding carboxylic acids is 1. The Hall–Kier alpha value is -1.26. The summed E-state index contributed by atoms with van der Waals surface area (Å²) in [6.45, 7) is 3.55. The Labute approximate surface area is 114 Å². The second kappa shape index (κ2) is 6.61. The fraction of sp³-hybridized carbons (Fsp3) is 0.462. The maximum absolute atomic E-state index is 11.5. The first-order valence-electron chi connectivity index (χ1n) is 6.03. The Morgan fingerprint density at radius 3 is 2.72 bits per heavy atom. The van der Waals surface area contributed by atoms with Crippen molar-refractivity contribution in [1.82, 2.24) is 5.32 Å². The summed E-state index contributed by atoms with van der Waals surface area (Å²) in [5.74, 6) is -0.0649. The fourth-order valence-electron chi connectivity index (χ4n) is 2.08. The summed E-state index contributed by atoms with van der Waals surface area (Å²) < 4.78 is 0. The zero-order valence-electron chi connectivity index (χ0n) is 10.5. The van der Waals surface area contributed by atoms with Crippen molar-refractivity contribution in [2.45, 2.75) is 25.4 Å². The van der Waals surface area contributed by atoms with E-state index < -0.39 is 6.04 Å². The van der Waals surface area contributed by atoms with Gasteiger partial charge in [0, 0.05) is 24.8 Å². The van der Waals surface area contributed by atoms with Gasteiger partial charge in [-0.1, -0.05) is 18.2 Å². The highest BCUT2D eigenvalue weighted by atomic mass is 35.5. The number of nitrogens with zero attached hydrogens (tertiary/aromatic N) is 1. The van der Waals surface area contributed by atoms with E-state index in [2.05, 4.69) is 22.3 Å². The van der Waals surface area contributed by atoms with Crippen LogP contribution in [0.15, 0.2) is 30.3 Å². The number of hydrogen-bond donors (Lipinski definition) is 2. The molecule has 1 amide bonds. The Bertz CT molecular complexity index is 383. The number of anilines is 1. The van der Waals surface area contributed by atoms with Gasteiger partial charge in [-0.3, -0.25) is 4.79 Å². The van der Waals surface area contributed by atoms with Crippen LogP contribution in [0.2, 0.25) is 0 Å². The number of nitrogens with two attached hydrogens (primary N) is 1. The maximum Gasteiger partial charge on any atom is 0.236 e. The summed E-state index contributed by atoms with van der Waals surface area (Å²) in [4.78, 5) is 13.8. The molecule has 1 aromatic carbocycles. The SMILES string of the molecule is CC(N)C(=O)NC1CCN(c2ccccc2)C1.Cl. The summed E-state index contributed by atoms with van der Waals surface area (Å²) >= 11 is 0. The first kappa shape index (κ1) is 14.8. The number of benzene rings is 1. The Morgan fingerprint density at radius 2 is 2.11 bits per heavy atom. The van der Waals surface area contributed by atoms with Gasteiger partial charge in [-0.05, 0) is 25.5 Å². The lowest BCUT2D eigenvalue weighted by Gasteiger charge is -2.19. The quantitative estimate of drug-likeness (QED) is 0.866. The molecule has 0 spiro atoms. The van der Waals surface area contributed by atoms with E-state index in [4.69, 9.17) is 5.73 Å². The van der Waals surface area contributed by atoms with Crippen molar-refractivity contribution in [3.05, 3.63) is 30.3 Å². The van der Waals surface area contributed by atoms with Crippen molar-refractivity contribution >= 4 is 24.0 Å². The van der Waals surface area contributed by atoms with E-state index in [1.54, 1.807) is 6.92 Å². The van der Waals surface area contributed by atoms with E-state index in [9.17, 15) is 4.79 Å². The van der Waals surface area contributed by atoms with Crippen LogP contribution >= 0.6 is 12.4 Å². The standard InChI is InChI=1S/C13H19N3O.ClH/c1-10(14)13(17)15-11-7-8-16(9-11)12-5-3-2-4-6-12;/h2-6,10-11H,7-9,14H2,1H3,(H,15,17);1H. The monoisotopic (exact) mass is 269 g/mol. The summed E-state index contributed by atoms with van der Waals surface area (Å²) in [5, 5.41) is 2.97. The van der Waals surface area contributed by atoms with Gasteiger partial charge in [0.2, 0.25) is 5.91 Å². The zero-order valence-corrected chi connectivity index (χ0v) is 11.3. The van der Waals surface area contributed by atoms with E-state index >= 15 is 0 Å². The molecule has 2 unspecified atom stereocenters. The van der Waals surface area contributed by atoms with Crippen LogP contribution < -0.4 is 16.0 Å². The number of nitrogens with one attached hydrogen (secondary N) is 1. The Kier molecular flexibility index (Phi) is 5.44. The van der Waals surface area contributed by atoms with E-state index in [1.165, 1.54) is 5.69 Å². The summed E-state index contributed by atoms with van der Waals surface area (Å²) in [7, 11) is 0. The highest BCUT2D eigenvalue weighted by Gasteiger charge is 2.24. The normalized spacial score (nSPS) is 20.1. The van der Waals surface area contributed by atoms with E-state index in [-0.39, 0.29) is 24.4 Å². The van der Waals surface area contributed by atoms with Gasteiger partial charge in [0.05, 0.1) is 6.04 Å². The average molecular weight is 270 g/mol. The molecule has 1 heterocycles. The second-order valence-electron chi connectivity index (χ2n) is 4.56. The van der Waals surface area contributed by atoms with Crippen LogP contribution in [0, 0.1) is 0 Å². The molecule has 5 heteroatoms. The third-order valence-electron chi connectivity index (χ3n) is 3.07. The molecule has 1 aliphatic rings. The van der Waals surface area contributed by atoms with E-state index in [0.717, 1.165) is 19.5 Å². The minimum absolute atomic E-state index is 0. The van der Waals surface area contributed by atoms with Crippen molar-refractivity contribution in [1.29, 1.82) is 0 Å². The Morgan fingerprint density at radius 1 is 1.44 bits per heavy atom. The van der Waals surface area contributed by atoms with Crippen LogP contribution in [0.5, 0.6) is 0 Å². The molecule has 18 heavy (non-hydrogen) atoms. The zero-order chi connectivity index (χ0) is 12.3. The maximum atomic E-state index is 11.5. The van der Waals surface area contributed by atoms with Crippen molar-refractivity contribution in [3.63, 3.8) is 0 Å². The van der Waals surface area contributed by atoms with Crippen molar-refractivity contribution in [2.24, 2.45) is 5.73 Å². The van der Waals surface area contributed by atoms with Gasteiger partial charge in [-0.15, -0.1) is 12.4 Å². The number of para-hydroxylation sites is 1. The molecular weight excluding hydrogens is 250 g/mol. The van der Waals surface area contributed by atoms with E-state index in [0.29, 0.717) is 0 Å². The number of amides is 1. The number of carbonyl (C=O) groups is 1. The van der Waals surface area contributed by atoms with E-state index in [1.807, 2.05) is 18.2 Å². The lowest BCUT2D eigenvalue weighted by molar-refractivity contribution is -0.122. The van der Waals surface area contributed by atoms with Crippen LogP contribution in [0.3, 0.4) is 0 Å². The van der Waals surface area contributed by atoms with Crippen molar-refractivity contribution in [2.75, 3.05) is 18.0 Å². The molecule has 1 aromatic rings. The van der Waals surface area contributed by atoms with Crippen LogP contribution in [0.25, 0.3) is 0 Å². The van der Waals surface area contributed by atoms with Gasteiger partial charge in [-0.25, -0.2) is 0 Å². The van der Waals surface area contributed by atoms with Gasteiger partial charge >= 0.3 is 0 Å². The summed E-state index contributed by atoms with van der Waals surface area (Å²) in [6.07, 6.45) is 0.980. The molecular formula is C13H20ClN3O. The molecule has 0 aliphatic carbocycles. The van der Waals surface area contributed by atoms with Crippen LogP contribution in [0.1, 0.15) is 13.3 Å². The van der Waals surface area contributed by atoms with Gasteiger partial charge in [0.1, 0.15) is 0 Å². The first-order valence-corrected chi connectivity index (χ1v) is 6.03. The van der Waals surface area contributed by atoms with Crippen LogP contribution in [0.4, 0.5) is 5.69 Å². The fourth-order valence-corrected chi connectivity index (χ4v) is 2.08. The summed E-state index contributed by atoms with van der Waals surface area (Å²) in [5.41, 5.74) is 6.75. The highest BCUT2D eigenvalue weighted by molar-refractivity contribution is 5.85. The second-order valence-corrected chi connectivity index (χ2v) is 4.56. The van der Waals surface area contributed by atoms with Gasteiger partial charge in [-0.2, -0.15) is 0 Å². The Balaban J connectivity index is 0.00000162. The van der Waals surface area contributed by atoms with Crippen molar-refractivity contribution in [3.8, 4) is 0 Å². The number of rotatable bonds is 3. The number of halogens is 1. The lowest BCUT2D eigenvalue weighted by Crippen LogP contribution is -2.44. The topological polar surface area (TPSA) is 58.4 Å². The molecule has 0 radical (unpaired) electrons.